The Morgan fingerprint density at radius 1 is 1.57 bits per heavy atom. The van der Waals surface area contributed by atoms with E-state index in [1.807, 2.05) is 0 Å². The third kappa shape index (κ3) is 2.43. The van der Waals surface area contributed by atoms with Crippen molar-refractivity contribution < 1.29 is 14.3 Å². The summed E-state index contributed by atoms with van der Waals surface area (Å²) in [6, 6.07) is 3.18. The summed E-state index contributed by atoms with van der Waals surface area (Å²) in [4.78, 5) is 11.3. The summed E-state index contributed by atoms with van der Waals surface area (Å²) in [6.07, 6.45) is 0. The fraction of sp³-hybridized carbons (Fsp3) is 0.222. The van der Waals surface area contributed by atoms with Crippen molar-refractivity contribution in [1.29, 1.82) is 0 Å². The molecular weight excluding hydrogens is 187 g/mol. The van der Waals surface area contributed by atoms with Crippen molar-refractivity contribution in [2.24, 2.45) is 5.73 Å². The Hall–Kier alpha value is -1.62. The van der Waals surface area contributed by atoms with Gasteiger partial charge in [-0.1, -0.05) is 0 Å². The van der Waals surface area contributed by atoms with Crippen LogP contribution in [-0.4, -0.2) is 24.1 Å². The fourth-order valence-corrected chi connectivity index (χ4v) is 0.971. The summed E-state index contributed by atoms with van der Waals surface area (Å²) in [6.45, 7) is 0.580. The van der Waals surface area contributed by atoms with Crippen LogP contribution in [0.25, 0.3) is 0 Å². The largest absolute Gasteiger partial charge is 0.507 e. The number of phenolic OH excluding ortho intramolecular Hbond substituents is 1. The molecule has 0 aromatic heterocycles. The highest BCUT2D eigenvalue weighted by Gasteiger charge is 2.10. The van der Waals surface area contributed by atoms with Gasteiger partial charge in [-0.05, 0) is 18.2 Å². The van der Waals surface area contributed by atoms with Crippen LogP contribution in [0.1, 0.15) is 10.4 Å². The minimum absolute atomic E-state index is 0.0848. The molecule has 1 aromatic carbocycles. The zero-order valence-corrected chi connectivity index (χ0v) is 7.46. The highest BCUT2D eigenvalue weighted by molar-refractivity contribution is 5.96. The van der Waals surface area contributed by atoms with E-state index in [2.05, 4.69) is 5.32 Å². The molecule has 14 heavy (non-hydrogen) atoms. The lowest BCUT2D eigenvalue weighted by atomic mass is 10.2. The first-order chi connectivity index (χ1) is 6.65. The first-order valence-electron chi connectivity index (χ1n) is 4.12. The summed E-state index contributed by atoms with van der Waals surface area (Å²) < 4.78 is 12.7. The molecule has 4 nitrogen and oxygen atoms in total. The predicted molar refractivity (Wildman–Crippen MR) is 49.5 cm³/mol. The third-order valence-corrected chi connectivity index (χ3v) is 1.63. The molecule has 76 valence electrons. The summed E-state index contributed by atoms with van der Waals surface area (Å²) >= 11 is 0. The van der Waals surface area contributed by atoms with Crippen molar-refractivity contribution in [1.82, 2.24) is 5.32 Å². The molecule has 1 aromatic rings. The molecule has 0 unspecified atom stereocenters. The maximum atomic E-state index is 12.7. The maximum Gasteiger partial charge on any atom is 0.255 e. The molecule has 0 aliphatic rings. The number of nitrogens with one attached hydrogen (secondary N) is 1. The number of phenols is 1. The Balaban J connectivity index is 2.83. The van der Waals surface area contributed by atoms with Gasteiger partial charge in [-0.3, -0.25) is 4.79 Å². The van der Waals surface area contributed by atoms with Crippen LogP contribution < -0.4 is 11.1 Å². The minimum atomic E-state index is -0.569. The van der Waals surface area contributed by atoms with Crippen LogP contribution in [0.4, 0.5) is 4.39 Å². The quantitative estimate of drug-likeness (QED) is 0.650. The van der Waals surface area contributed by atoms with Crippen molar-refractivity contribution in [3.05, 3.63) is 29.6 Å². The standard InChI is InChI=1S/C9H11FN2O2/c10-6-1-2-8(13)7(5-6)9(14)12-4-3-11/h1-2,5,13H,3-4,11H2,(H,12,14). The molecule has 1 rings (SSSR count). The Kier molecular flexibility index (Phi) is 3.41. The second kappa shape index (κ2) is 4.57. The van der Waals surface area contributed by atoms with Gasteiger partial charge in [-0.2, -0.15) is 0 Å². The van der Waals surface area contributed by atoms with Gasteiger partial charge in [-0.25, -0.2) is 4.39 Å². The number of hydrogen-bond donors (Lipinski definition) is 3. The Morgan fingerprint density at radius 2 is 2.29 bits per heavy atom. The predicted octanol–water partition coefficient (Wildman–Crippen LogP) is 0.220. The average Bonchev–Trinajstić information content (AvgIpc) is 2.18. The van der Waals surface area contributed by atoms with Gasteiger partial charge in [0.15, 0.2) is 0 Å². The topological polar surface area (TPSA) is 75.3 Å². The van der Waals surface area contributed by atoms with Gasteiger partial charge in [0.05, 0.1) is 5.56 Å². The highest BCUT2D eigenvalue weighted by atomic mass is 19.1. The van der Waals surface area contributed by atoms with Crippen LogP contribution in [-0.2, 0) is 0 Å². The molecule has 0 radical (unpaired) electrons. The van der Waals surface area contributed by atoms with E-state index in [1.54, 1.807) is 0 Å². The van der Waals surface area contributed by atoms with Crippen molar-refractivity contribution in [3.8, 4) is 5.75 Å². The monoisotopic (exact) mass is 198 g/mol. The molecule has 0 saturated carbocycles. The number of nitrogens with two attached hydrogens (primary N) is 1. The Morgan fingerprint density at radius 3 is 2.93 bits per heavy atom. The molecule has 4 N–H and O–H groups in total. The number of halogens is 1. The molecule has 0 bridgehead atoms. The van der Waals surface area contributed by atoms with E-state index >= 15 is 0 Å². The number of hydrogen-bond acceptors (Lipinski definition) is 3. The fourth-order valence-electron chi connectivity index (χ4n) is 0.971. The Labute approximate surface area is 80.5 Å². The van der Waals surface area contributed by atoms with Crippen molar-refractivity contribution in [3.63, 3.8) is 0 Å². The lowest BCUT2D eigenvalue weighted by Crippen LogP contribution is -2.29. The van der Waals surface area contributed by atoms with E-state index in [0.29, 0.717) is 6.54 Å². The number of benzene rings is 1. The number of aromatic hydroxyl groups is 1. The number of carbonyl (C=O) groups is 1. The van der Waals surface area contributed by atoms with Crippen LogP contribution in [0.15, 0.2) is 18.2 Å². The van der Waals surface area contributed by atoms with Gasteiger partial charge in [0.2, 0.25) is 0 Å². The molecule has 0 heterocycles. The highest BCUT2D eigenvalue weighted by Crippen LogP contribution is 2.17. The maximum absolute atomic E-state index is 12.7. The lowest BCUT2D eigenvalue weighted by molar-refractivity contribution is 0.0951. The average molecular weight is 198 g/mol. The van der Waals surface area contributed by atoms with Crippen LogP contribution >= 0.6 is 0 Å². The van der Waals surface area contributed by atoms with Gasteiger partial charge in [0, 0.05) is 13.1 Å². The Bertz CT molecular complexity index is 342. The lowest BCUT2D eigenvalue weighted by Gasteiger charge is -2.05. The van der Waals surface area contributed by atoms with Crippen molar-refractivity contribution >= 4 is 5.91 Å². The van der Waals surface area contributed by atoms with Crippen LogP contribution in [0.5, 0.6) is 5.75 Å². The zero-order valence-electron chi connectivity index (χ0n) is 7.46. The zero-order chi connectivity index (χ0) is 10.6. The third-order valence-electron chi connectivity index (χ3n) is 1.63. The van der Waals surface area contributed by atoms with Crippen LogP contribution in [0.2, 0.25) is 0 Å². The molecule has 1 amide bonds. The second-order valence-corrected chi connectivity index (χ2v) is 2.71. The number of amides is 1. The summed E-state index contributed by atoms with van der Waals surface area (Å²) in [5.41, 5.74) is 5.09. The van der Waals surface area contributed by atoms with Gasteiger partial charge in [-0.15, -0.1) is 0 Å². The van der Waals surface area contributed by atoms with E-state index in [4.69, 9.17) is 5.73 Å². The summed E-state index contributed by atoms with van der Waals surface area (Å²) in [5, 5.41) is 11.7. The van der Waals surface area contributed by atoms with E-state index in [0.717, 1.165) is 18.2 Å². The summed E-state index contributed by atoms with van der Waals surface area (Å²) in [7, 11) is 0. The van der Waals surface area contributed by atoms with Gasteiger partial charge < -0.3 is 16.2 Å². The molecule has 0 aliphatic heterocycles. The van der Waals surface area contributed by atoms with E-state index in [9.17, 15) is 14.3 Å². The van der Waals surface area contributed by atoms with Gasteiger partial charge >= 0.3 is 0 Å². The van der Waals surface area contributed by atoms with Crippen molar-refractivity contribution in [2.75, 3.05) is 13.1 Å². The molecular formula is C9H11FN2O2. The van der Waals surface area contributed by atoms with Crippen molar-refractivity contribution in [2.45, 2.75) is 0 Å². The smallest absolute Gasteiger partial charge is 0.255 e. The molecule has 5 heteroatoms. The minimum Gasteiger partial charge on any atom is -0.507 e. The molecule has 0 spiro atoms. The SMILES string of the molecule is NCCNC(=O)c1cc(F)ccc1O. The van der Waals surface area contributed by atoms with Gasteiger partial charge in [0.1, 0.15) is 11.6 Å². The molecule has 0 aliphatic carbocycles. The van der Waals surface area contributed by atoms with E-state index < -0.39 is 11.7 Å². The van der Waals surface area contributed by atoms with E-state index in [-0.39, 0.29) is 17.9 Å². The number of carbonyl (C=O) groups excluding carboxylic acids is 1. The summed E-state index contributed by atoms with van der Waals surface area (Å²) in [5.74, 6) is -1.35. The second-order valence-electron chi connectivity index (χ2n) is 2.71. The molecule has 0 saturated heterocycles. The normalized spacial score (nSPS) is 9.86. The van der Waals surface area contributed by atoms with Gasteiger partial charge in [0.25, 0.3) is 5.91 Å². The number of rotatable bonds is 3. The van der Waals surface area contributed by atoms with Crippen LogP contribution in [0.3, 0.4) is 0 Å². The first kappa shape index (κ1) is 10.5. The first-order valence-corrected chi connectivity index (χ1v) is 4.12. The molecule has 0 fully saturated rings. The van der Waals surface area contributed by atoms with E-state index in [1.165, 1.54) is 0 Å². The molecule has 0 atom stereocenters. The van der Waals surface area contributed by atoms with Crippen LogP contribution in [0, 0.1) is 5.82 Å².